The van der Waals surface area contributed by atoms with Crippen LogP contribution in [0.15, 0.2) is 12.4 Å². The molecule has 2 atom stereocenters. The molecule has 2 N–H and O–H groups in total. The van der Waals surface area contributed by atoms with E-state index in [9.17, 15) is 19.8 Å². The number of carbonyl (C=O) groups excluding carboxylic acids is 2. The molecule has 0 aliphatic carbocycles. The lowest BCUT2D eigenvalue weighted by Crippen LogP contribution is -2.62. The molecule has 0 aromatic carbocycles. The Kier molecular flexibility index (Phi) is 3.20. The maximum Gasteiger partial charge on any atom is 0.338 e. The first-order valence-electron chi connectivity index (χ1n) is 4.74. The van der Waals surface area contributed by atoms with E-state index in [-0.39, 0.29) is 5.82 Å². The lowest BCUT2D eigenvalue weighted by molar-refractivity contribution is -0.00954. The summed E-state index contributed by atoms with van der Waals surface area (Å²) in [7, 11) is 1.40. The van der Waals surface area contributed by atoms with Crippen molar-refractivity contribution in [3.63, 3.8) is 0 Å². The number of hydrogen-bond acceptors (Lipinski definition) is 4. The molecule has 4 amide bonds. The van der Waals surface area contributed by atoms with E-state index in [1.165, 1.54) is 20.9 Å². The van der Waals surface area contributed by atoms with Gasteiger partial charge in [-0.3, -0.25) is 9.80 Å². The zero-order valence-corrected chi connectivity index (χ0v) is 9.41. The molecule has 0 saturated carbocycles. The highest BCUT2D eigenvalue weighted by molar-refractivity contribution is 5.98. The molecule has 7 nitrogen and oxygen atoms in total. The molecule has 0 bridgehead atoms. The SMILES string of the molecule is C=C1N(C)C(=O)N(C(C)O)C(=O)N1C(C)O. The van der Waals surface area contributed by atoms with Gasteiger partial charge in [0.05, 0.1) is 0 Å². The molecule has 2 unspecified atom stereocenters. The van der Waals surface area contributed by atoms with Gasteiger partial charge in [0, 0.05) is 7.05 Å². The number of rotatable bonds is 2. The average molecular weight is 229 g/mol. The lowest BCUT2D eigenvalue weighted by Gasteiger charge is -2.42. The van der Waals surface area contributed by atoms with E-state index in [2.05, 4.69) is 6.58 Å². The Morgan fingerprint density at radius 1 is 1.06 bits per heavy atom. The standard InChI is InChI=1S/C9H15N3O4/c1-5-10(4)8(15)12(7(3)14)9(16)11(5)6(2)13/h6-7,13-14H,1H2,2-4H3. The van der Waals surface area contributed by atoms with E-state index >= 15 is 0 Å². The highest BCUT2D eigenvalue weighted by atomic mass is 16.3. The second-order valence-electron chi connectivity index (χ2n) is 3.54. The number of nitrogens with zero attached hydrogens (tertiary/aromatic N) is 3. The summed E-state index contributed by atoms with van der Waals surface area (Å²) in [6.07, 6.45) is -2.39. The number of aliphatic hydroxyl groups excluding tert-OH is 2. The van der Waals surface area contributed by atoms with Crippen LogP contribution in [0.25, 0.3) is 0 Å². The van der Waals surface area contributed by atoms with Crippen LogP contribution in [0.2, 0.25) is 0 Å². The molecule has 1 aliphatic heterocycles. The maximum atomic E-state index is 11.8. The second-order valence-corrected chi connectivity index (χ2v) is 3.54. The van der Waals surface area contributed by atoms with Crippen LogP contribution < -0.4 is 0 Å². The molecular formula is C9H15N3O4. The minimum absolute atomic E-state index is 0.0712. The van der Waals surface area contributed by atoms with Gasteiger partial charge in [-0.25, -0.2) is 14.5 Å². The third-order valence-electron chi connectivity index (χ3n) is 2.32. The molecule has 0 spiro atoms. The van der Waals surface area contributed by atoms with Crippen molar-refractivity contribution in [1.82, 2.24) is 14.7 Å². The third-order valence-corrected chi connectivity index (χ3v) is 2.32. The van der Waals surface area contributed by atoms with Crippen LogP contribution in [0.1, 0.15) is 13.8 Å². The van der Waals surface area contributed by atoms with Gasteiger partial charge in [-0.1, -0.05) is 6.58 Å². The molecule has 1 aliphatic rings. The molecule has 1 rings (SSSR count). The number of aliphatic hydroxyl groups is 2. The van der Waals surface area contributed by atoms with Crippen molar-refractivity contribution in [3.8, 4) is 0 Å². The molecule has 1 heterocycles. The van der Waals surface area contributed by atoms with Crippen LogP contribution in [0.3, 0.4) is 0 Å². The Morgan fingerprint density at radius 2 is 1.50 bits per heavy atom. The van der Waals surface area contributed by atoms with Gasteiger partial charge in [-0.2, -0.15) is 0 Å². The molecule has 90 valence electrons. The molecule has 0 aromatic heterocycles. The Bertz CT molecular complexity index is 310. The highest BCUT2D eigenvalue weighted by Crippen LogP contribution is 2.22. The first-order valence-corrected chi connectivity index (χ1v) is 4.74. The highest BCUT2D eigenvalue weighted by Gasteiger charge is 2.42. The monoisotopic (exact) mass is 229 g/mol. The van der Waals surface area contributed by atoms with E-state index in [4.69, 9.17) is 0 Å². The summed E-state index contributed by atoms with van der Waals surface area (Å²) >= 11 is 0. The normalized spacial score (nSPS) is 21.6. The van der Waals surface area contributed by atoms with Crippen LogP contribution in [-0.4, -0.2) is 56.5 Å². The number of carbonyl (C=O) groups is 2. The Hall–Kier alpha value is -1.60. The van der Waals surface area contributed by atoms with E-state index in [1.54, 1.807) is 0 Å². The first-order chi connectivity index (χ1) is 7.29. The number of amides is 4. The summed E-state index contributed by atoms with van der Waals surface area (Å²) in [6, 6.07) is -1.47. The zero-order chi connectivity index (χ0) is 12.6. The van der Waals surface area contributed by atoms with E-state index in [0.717, 1.165) is 9.80 Å². The molecular weight excluding hydrogens is 214 g/mol. The Labute approximate surface area is 93.2 Å². The van der Waals surface area contributed by atoms with E-state index in [0.29, 0.717) is 4.90 Å². The van der Waals surface area contributed by atoms with Crippen molar-refractivity contribution >= 4 is 12.1 Å². The van der Waals surface area contributed by atoms with E-state index < -0.39 is 24.5 Å². The van der Waals surface area contributed by atoms with Crippen molar-refractivity contribution in [2.45, 2.75) is 26.3 Å². The van der Waals surface area contributed by atoms with Crippen LogP contribution in [0.4, 0.5) is 9.59 Å². The number of imide groups is 1. The van der Waals surface area contributed by atoms with Crippen molar-refractivity contribution in [1.29, 1.82) is 0 Å². The van der Waals surface area contributed by atoms with Gasteiger partial charge < -0.3 is 10.2 Å². The van der Waals surface area contributed by atoms with Gasteiger partial charge in [-0.15, -0.1) is 0 Å². The molecule has 1 fully saturated rings. The van der Waals surface area contributed by atoms with Crippen LogP contribution in [-0.2, 0) is 0 Å². The van der Waals surface area contributed by atoms with Crippen molar-refractivity contribution in [3.05, 3.63) is 12.4 Å². The summed E-state index contributed by atoms with van der Waals surface area (Å²) in [5.74, 6) is 0.0712. The minimum Gasteiger partial charge on any atom is -0.373 e. The summed E-state index contributed by atoms with van der Waals surface area (Å²) in [4.78, 5) is 26.1. The van der Waals surface area contributed by atoms with Gasteiger partial charge in [0.25, 0.3) is 0 Å². The van der Waals surface area contributed by atoms with Crippen molar-refractivity contribution < 1.29 is 19.8 Å². The topological polar surface area (TPSA) is 84.3 Å². The van der Waals surface area contributed by atoms with Gasteiger partial charge >= 0.3 is 12.1 Å². The van der Waals surface area contributed by atoms with Crippen LogP contribution in [0.5, 0.6) is 0 Å². The van der Waals surface area contributed by atoms with Crippen LogP contribution >= 0.6 is 0 Å². The second kappa shape index (κ2) is 4.11. The first kappa shape index (κ1) is 12.5. The number of urea groups is 2. The molecule has 7 heteroatoms. The summed E-state index contributed by atoms with van der Waals surface area (Å²) < 4.78 is 0. The molecule has 0 radical (unpaired) electrons. The quantitative estimate of drug-likeness (QED) is 0.693. The van der Waals surface area contributed by atoms with Gasteiger partial charge in [0.1, 0.15) is 18.3 Å². The van der Waals surface area contributed by atoms with E-state index in [1.807, 2.05) is 0 Å². The van der Waals surface area contributed by atoms with Gasteiger partial charge in [0.2, 0.25) is 0 Å². The predicted octanol–water partition coefficient (Wildman–Crippen LogP) is -0.0764. The summed E-state index contributed by atoms with van der Waals surface area (Å²) in [5.41, 5.74) is 0. The molecule has 1 saturated heterocycles. The van der Waals surface area contributed by atoms with Crippen molar-refractivity contribution in [2.24, 2.45) is 0 Å². The maximum absolute atomic E-state index is 11.8. The van der Waals surface area contributed by atoms with Gasteiger partial charge in [0.15, 0.2) is 0 Å². The molecule has 16 heavy (non-hydrogen) atoms. The average Bonchev–Trinajstić information content (AvgIpc) is 2.13. The summed E-state index contributed by atoms with van der Waals surface area (Å²) in [6.45, 7) is 6.19. The third kappa shape index (κ3) is 1.74. The summed E-state index contributed by atoms with van der Waals surface area (Å²) in [5, 5.41) is 18.8. The fourth-order valence-electron chi connectivity index (χ4n) is 1.44. The fraction of sp³-hybridized carbons (Fsp3) is 0.556. The Balaban J connectivity index is 3.13. The van der Waals surface area contributed by atoms with Crippen molar-refractivity contribution in [2.75, 3.05) is 7.05 Å². The lowest BCUT2D eigenvalue weighted by atomic mass is 10.4. The predicted molar refractivity (Wildman–Crippen MR) is 54.7 cm³/mol. The largest absolute Gasteiger partial charge is 0.373 e. The zero-order valence-electron chi connectivity index (χ0n) is 9.41. The van der Waals surface area contributed by atoms with Crippen LogP contribution in [0, 0.1) is 0 Å². The molecule has 0 aromatic rings. The minimum atomic E-state index is -1.27. The van der Waals surface area contributed by atoms with Gasteiger partial charge in [-0.05, 0) is 13.8 Å². The Morgan fingerprint density at radius 3 is 1.88 bits per heavy atom. The smallest absolute Gasteiger partial charge is 0.338 e. The number of hydrogen-bond donors (Lipinski definition) is 2. The fourth-order valence-corrected chi connectivity index (χ4v) is 1.44.